The van der Waals surface area contributed by atoms with E-state index in [1.807, 2.05) is 30.6 Å². The average molecular weight is 220 g/mol. The summed E-state index contributed by atoms with van der Waals surface area (Å²) in [5, 5.41) is 0. The third-order valence-corrected chi connectivity index (χ3v) is 2.86. The molecule has 0 aliphatic carbocycles. The zero-order valence-electron chi connectivity index (χ0n) is 9.38. The van der Waals surface area contributed by atoms with Gasteiger partial charge in [-0.3, -0.25) is 4.57 Å². The van der Waals surface area contributed by atoms with Crippen LogP contribution in [0.25, 0.3) is 22.8 Å². The van der Waals surface area contributed by atoms with Crippen molar-refractivity contribution >= 4 is 17.1 Å². The van der Waals surface area contributed by atoms with Crippen molar-refractivity contribution in [3.63, 3.8) is 0 Å². The van der Waals surface area contributed by atoms with Crippen molar-refractivity contribution in [3.8, 4) is 5.69 Å². The highest BCUT2D eigenvalue weighted by atomic mass is 15.0. The Morgan fingerprint density at radius 2 is 1.76 bits per heavy atom. The average Bonchev–Trinajstić information content (AvgIpc) is 2.83. The molecule has 0 saturated carbocycles. The summed E-state index contributed by atoms with van der Waals surface area (Å²) in [7, 11) is 0. The minimum Gasteiger partial charge on any atom is -0.299 e. The Bertz CT molecular complexity index is 663. The molecule has 0 saturated heterocycles. The Balaban J connectivity index is 2.16. The lowest BCUT2D eigenvalue weighted by Crippen LogP contribution is -1.91. The van der Waals surface area contributed by atoms with E-state index < -0.39 is 0 Å². The van der Waals surface area contributed by atoms with Gasteiger partial charge in [0.2, 0.25) is 0 Å². The Morgan fingerprint density at radius 3 is 2.53 bits per heavy atom. The van der Waals surface area contributed by atoms with Crippen LogP contribution in [-0.2, 0) is 0 Å². The maximum absolute atomic E-state index is 4.38. The quantitative estimate of drug-likeness (QED) is 0.644. The van der Waals surface area contributed by atoms with Crippen LogP contribution in [0.4, 0.5) is 0 Å². The van der Waals surface area contributed by atoms with Crippen LogP contribution in [0.3, 0.4) is 0 Å². The molecular weight excluding hydrogens is 208 g/mol. The molecule has 3 aromatic rings. The summed E-state index contributed by atoms with van der Waals surface area (Å²) in [4.78, 5) is 4.38. The maximum Gasteiger partial charge on any atom is 0.100 e. The predicted molar refractivity (Wildman–Crippen MR) is 71.2 cm³/mol. The highest BCUT2D eigenvalue weighted by Gasteiger charge is 2.02. The number of fused-ring (bicyclic) bond motifs is 1. The molecule has 3 rings (SSSR count). The van der Waals surface area contributed by atoms with Crippen LogP contribution in [0.2, 0.25) is 0 Å². The molecule has 0 atom stereocenters. The van der Waals surface area contributed by atoms with E-state index in [4.69, 9.17) is 0 Å². The molecular formula is C15H12N2. The van der Waals surface area contributed by atoms with Crippen molar-refractivity contribution in [2.24, 2.45) is 0 Å². The largest absolute Gasteiger partial charge is 0.299 e. The first-order chi connectivity index (χ1) is 8.38. The van der Waals surface area contributed by atoms with E-state index in [2.05, 4.69) is 46.5 Å². The Morgan fingerprint density at radius 1 is 1.00 bits per heavy atom. The normalized spacial score (nSPS) is 10.6. The molecule has 82 valence electrons. The summed E-state index contributed by atoms with van der Waals surface area (Å²) in [5.74, 6) is 0. The molecule has 0 bridgehead atoms. The molecule has 0 spiro atoms. The minimum atomic E-state index is 1.01. The van der Waals surface area contributed by atoms with Gasteiger partial charge in [-0.2, -0.15) is 0 Å². The molecule has 0 aliphatic rings. The van der Waals surface area contributed by atoms with Gasteiger partial charge in [0.05, 0.1) is 11.0 Å². The smallest absolute Gasteiger partial charge is 0.100 e. The van der Waals surface area contributed by atoms with Gasteiger partial charge in [0.1, 0.15) is 6.33 Å². The number of imidazole rings is 1. The zero-order chi connectivity index (χ0) is 11.7. The maximum atomic E-state index is 4.38. The molecule has 1 aromatic heterocycles. The summed E-state index contributed by atoms with van der Waals surface area (Å²) in [5.41, 5.74) is 4.38. The van der Waals surface area contributed by atoms with E-state index in [-0.39, 0.29) is 0 Å². The highest BCUT2D eigenvalue weighted by molar-refractivity contribution is 5.77. The fourth-order valence-corrected chi connectivity index (χ4v) is 1.94. The molecule has 1 heterocycles. The highest BCUT2D eigenvalue weighted by Crippen LogP contribution is 2.18. The summed E-state index contributed by atoms with van der Waals surface area (Å²) in [6.45, 7) is 3.75. The number of hydrogen-bond acceptors (Lipinski definition) is 1. The van der Waals surface area contributed by atoms with Gasteiger partial charge in [-0.15, -0.1) is 0 Å². The topological polar surface area (TPSA) is 17.8 Å². The van der Waals surface area contributed by atoms with Crippen molar-refractivity contribution in [1.82, 2.24) is 9.55 Å². The third kappa shape index (κ3) is 1.64. The third-order valence-electron chi connectivity index (χ3n) is 2.86. The minimum absolute atomic E-state index is 1.01. The van der Waals surface area contributed by atoms with E-state index in [1.54, 1.807) is 0 Å². The lowest BCUT2D eigenvalue weighted by Gasteiger charge is -2.04. The van der Waals surface area contributed by atoms with Gasteiger partial charge in [-0.05, 0) is 29.8 Å². The zero-order valence-corrected chi connectivity index (χ0v) is 9.38. The Kier molecular flexibility index (Phi) is 2.26. The molecule has 0 amide bonds. The molecule has 0 radical (unpaired) electrons. The molecule has 0 N–H and O–H groups in total. The van der Waals surface area contributed by atoms with Gasteiger partial charge in [-0.1, -0.05) is 36.9 Å². The molecule has 17 heavy (non-hydrogen) atoms. The lowest BCUT2D eigenvalue weighted by atomic mass is 10.2. The first-order valence-corrected chi connectivity index (χ1v) is 5.53. The van der Waals surface area contributed by atoms with Crippen molar-refractivity contribution in [3.05, 3.63) is 67.0 Å². The molecule has 0 fully saturated rings. The molecule has 2 nitrogen and oxygen atoms in total. The molecule has 0 unspecified atom stereocenters. The molecule has 2 heteroatoms. The lowest BCUT2D eigenvalue weighted by molar-refractivity contribution is 1.09. The second-order valence-corrected chi connectivity index (χ2v) is 3.90. The Labute approximate surface area is 99.8 Å². The van der Waals surface area contributed by atoms with Crippen LogP contribution in [0.1, 0.15) is 5.56 Å². The second-order valence-electron chi connectivity index (χ2n) is 3.90. The fourth-order valence-electron chi connectivity index (χ4n) is 1.94. The van der Waals surface area contributed by atoms with E-state index >= 15 is 0 Å². The number of aromatic nitrogens is 2. The SMILES string of the molecule is C=Cc1ccc(-n2cnc3ccccc32)cc1. The first-order valence-electron chi connectivity index (χ1n) is 5.53. The van der Waals surface area contributed by atoms with Crippen LogP contribution in [0, 0.1) is 0 Å². The predicted octanol–water partition coefficient (Wildman–Crippen LogP) is 3.67. The van der Waals surface area contributed by atoms with Gasteiger partial charge in [0, 0.05) is 5.69 Å². The second kappa shape index (κ2) is 3.91. The van der Waals surface area contributed by atoms with Gasteiger partial charge >= 0.3 is 0 Å². The van der Waals surface area contributed by atoms with E-state index in [0.717, 1.165) is 22.3 Å². The van der Waals surface area contributed by atoms with E-state index in [9.17, 15) is 0 Å². The van der Waals surface area contributed by atoms with Crippen LogP contribution in [0.5, 0.6) is 0 Å². The van der Waals surface area contributed by atoms with Crippen LogP contribution in [0.15, 0.2) is 61.4 Å². The van der Waals surface area contributed by atoms with Crippen LogP contribution < -0.4 is 0 Å². The molecule has 0 aliphatic heterocycles. The Hall–Kier alpha value is -2.35. The molecule has 2 aromatic carbocycles. The first kappa shape index (κ1) is 9.85. The summed E-state index contributed by atoms with van der Waals surface area (Å²) < 4.78 is 2.09. The van der Waals surface area contributed by atoms with Crippen molar-refractivity contribution in [1.29, 1.82) is 0 Å². The standard InChI is InChI=1S/C15H12N2/c1-2-12-7-9-13(10-8-12)17-11-16-14-5-3-4-6-15(14)17/h2-11H,1H2. The van der Waals surface area contributed by atoms with Gasteiger partial charge < -0.3 is 0 Å². The van der Waals surface area contributed by atoms with Crippen molar-refractivity contribution in [2.45, 2.75) is 0 Å². The number of hydrogen-bond donors (Lipinski definition) is 0. The van der Waals surface area contributed by atoms with Crippen LogP contribution in [-0.4, -0.2) is 9.55 Å². The van der Waals surface area contributed by atoms with Gasteiger partial charge in [-0.25, -0.2) is 4.98 Å². The van der Waals surface area contributed by atoms with E-state index in [0.29, 0.717) is 0 Å². The monoisotopic (exact) mass is 220 g/mol. The number of rotatable bonds is 2. The van der Waals surface area contributed by atoms with Crippen LogP contribution >= 0.6 is 0 Å². The van der Waals surface area contributed by atoms with Crippen molar-refractivity contribution < 1.29 is 0 Å². The van der Waals surface area contributed by atoms with Gasteiger partial charge in [0.25, 0.3) is 0 Å². The summed E-state index contributed by atoms with van der Waals surface area (Å²) >= 11 is 0. The number of para-hydroxylation sites is 2. The van der Waals surface area contributed by atoms with E-state index in [1.165, 1.54) is 0 Å². The summed E-state index contributed by atoms with van der Waals surface area (Å²) in [6.07, 6.45) is 3.70. The fraction of sp³-hybridized carbons (Fsp3) is 0. The van der Waals surface area contributed by atoms with Gasteiger partial charge in [0.15, 0.2) is 0 Å². The number of benzene rings is 2. The summed E-state index contributed by atoms with van der Waals surface area (Å²) in [6, 6.07) is 16.4. The number of nitrogens with zero attached hydrogens (tertiary/aromatic N) is 2. The van der Waals surface area contributed by atoms with Crippen molar-refractivity contribution in [2.75, 3.05) is 0 Å².